The molecule has 0 bridgehead atoms. The van der Waals surface area contributed by atoms with Crippen LogP contribution < -0.4 is 0 Å². The van der Waals surface area contributed by atoms with Crippen LogP contribution in [0.1, 0.15) is 20.8 Å². The van der Waals surface area contributed by atoms with Crippen molar-refractivity contribution in [3.05, 3.63) is 0 Å². The molecule has 2 N–H and O–H groups in total. The van der Waals surface area contributed by atoms with Crippen LogP contribution in [-0.4, -0.2) is 22.4 Å². The fourth-order valence-corrected chi connectivity index (χ4v) is 0.727. The van der Waals surface area contributed by atoms with Gasteiger partial charge in [-0.25, -0.2) is 4.89 Å². The van der Waals surface area contributed by atoms with Gasteiger partial charge in [-0.15, -0.1) is 0 Å². The summed E-state index contributed by atoms with van der Waals surface area (Å²) in [6.07, 6.45) is -0.443. The summed E-state index contributed by atoms with van der Waals surface area (Å²) in [5, 5.41) is 16.8. The molecule has 0 heterocycles. The Morgan fingerprint density at radius 2 is 1.82 bits per heavy atom. The zero-order chi connectivity index (χ0) is 9.02. The number of carboxylic acid groups (broad SMARTS) is 1. The van der Waals surface area contributed by atoms with Crippen LogP contribution in [0.5, 0.6) is 0 Å². The third-order valence-corrected chi connectivity index (χ3v) is 2.08. The van der Waals surface area contributed by atoms with Gasteiger partial charge in [-0.05, 0) is 12.8 Å². The molecule has 0 aliphatic carbocycles. The fourth-order valence-electron chi connectivity index (χ4n) is 0.727. The lowest BCUT2D eigenvalue weighted by atomic mass is 9.92. The van der Waals surface area contributed by atoms with E-state index in [1.165, 1.54) is 0 Å². The predicted octanol–water partition coefficient (Wildman–Crippen LogP) is 1.22. The maximum absolute atomic E-state index is 10.4. The van der Waals surface area contributed by atoms with Gasteiger partial charge >= 0.3 is 5.97 Å². The van der Waals surface area contributed by atoms with Gasteiger partial charge in [0.25, 0.3) is 0 Å². The van der Waals surface area contributed by atoms with Crippen molar-refractivity contribution in [2.75, 3.05) is 0 Å². The Morgan fingerprint density at radius 1 is 1.36 bits per heavy atom. The Morgan fingerprint density at radius 3 is 2.09 bits per heavy atom. The zero-order valence-electron chi connectivity index (χ0n) is 6.94. The Hall–Kier alpha value is -0.610. The number of aliphatic carboxylic acids is 1. The summed E-state index contributed by atoms with van der Waals surface area (Å²) < 4.78 is 0. The summed E-state index contributed by atoms with van der Waals surface area (Å²) in [5.41, 5.74) is 0. The van der Waals surface area contributed by atoms with Gasteiger partial charge in [-0.1, -0.05) is 13.8 Å². The number of carbonyl (C=O) groups is 1. The van der Waals surface area contributed by atoms with Crippen LogP contribution in [-0.2, 0) is 9.68 Å². The normalized spacial score (nSPS) is 18.9. The van der Waals surface area contributed by atoms with Gasteiger partial charge in [-0.3, -0.25) is 10.1 Å². The van der Waals surface area contributed by atoms with Gasteiger partial charge in [0.1, 0.15) is 0 Å². The van der Waals surface area contributed by atoms with Gasteiger partial charge in [0.15, 0.2) is 0 Å². The molecule has 0 amide bonds. The van der Waals surface area contributed by atoms with E-state index in [4.69, 9.17) is 10.4 Å². The molecule has 0 rings (SSSR count). The second kappa shape index (κ2) is 4.31. The van der Waals surface area contributed by atoms with Crippen LogP contribution in [0.15, 0.2) is 0 Å². The molecule has 0 saturated heterocycles. The van der Waals surface area contributed by atoms with Crippen LogP contribution in [0.4, 0.5) is 0 Å². The molecule has 0 aliphatic heterocycles. The fraction of sp³-hybridized carbons (Fsp3) is 0.857. The molecule has 0 fully saturated rings. The summed E-state index contributed by atoms with van der Waals surface area (Å²) in [4.78, 5) is 14.4. The smallest absolute Gasteiger partial charge is 0.306 e. The number of carboxylic acids is 1. The van der Waals surface area contributed by atoms with Crippen LogP contribution in [0.25, 0.3) is 0 Å². The van der Waals surface area contributed by atoms with Crippen LogP contribution in [0.2, 0.25) is 0 Å². The van der Waals surface area contributed by atoms with E-state index in [0.29, 0.717) is 0 Å². The molecule has 0 aromatic heterocycles. The van der Waals surface area contributed by atoms with E-state index in [0.717, 1.165) is 0 Å². The van der Waals surface area contributed by atoms with E-state index in [2.05, 4.69) is 4.89 Å². The molecule has 0 spiro atoms. The van der Waals surface area contributed by atoms with E-state index in [1.807, 2.05) is 0 Å². The SMILES string of the molecule is CC(OO)C(C)C(C)C(=O)O. The monoisotopic (exact) mass is 162 g/mol. The van der Waals surface area contributed by atoms with E-state index >= 15 is 0 Å². The lowest BCUT2D eigenvalue weighted by Crippen LogP contribution is -2.28. The van der Waals surface area contributed by atoms with E-state index < -0.39 is 18.0 Å². The number of hydrogen-bond donors (Lipinski definition) is 2. The summed E-state index contributed by atoms with van der Waals surface area (Å²) >= 11 is 0. The van der Waals surface area contributed by atoms with Crippen LogP contribution >= 0.6 is 0 Å². The molecule has 0 aromatic rings. The number of hydrogen-bond acceptors (Lipinski definition) is 3. The molecular formula is C7H14O4. The lowest BCUT2D eigenvalue weighted by Gasteiger charge is -2.19. The Balaban J connectivity index is 4.00. The van der Waals surface area contributed by atoms with Gasteiger partial charge < -0.3 is 5.11 Å². The lowest BCUT2D eigenvalue weighted by molar-refractivity contribution is -0.286. The van der Waals surface area contributed by atoms with Crippen molar-refractivity contribution in [3.63, 3.8) is 0 Å². The molecule has 3 unspecified atom stereocenters. The molecule has 0 saturated carbocycles. The predicted molar refractivity (Wildman–Crippen MR) is 39.1 cm³/mol. The summed E-state index contributed by atoms with van der Waals surface area (Å²) in [5.74, 6) is -1.57. The zero-order valence-corrected chi connectivity index (χ0v) is 6.94. The van der Waals surface area contributed by atoms with Crippen molar-refractivity contribution in [3.8, 4) is 0 Å². The first-order chi connectivity index (χ1) is 5.00. The highest BCUT2D eigenvalue weighted by Crippen LogP contribution is 2.16. The maximum Gasteiger partial charge on any atom is 0.306 e. The summed E-state index contributed by atoms with van der Waals surface area (Å²) in [6.45, 7) is 4.94. The highest BCUT2D eigenvalue weighted by Gasteiger charge is 2.24. The minimum Gasteiger partial charge on any atom is -0.481 e. The third kappa shape index (κ3) is 2.86. The first kappa shape index (κ1) is 10.4. The minimum atomic E-state index is -0.874. The second-order valence-electron chi connectivity index (χ2n) is 2.80. The molecule has 3 atom stereocenters. The van der Waals surface area contributed by atoms with Crippen molar-refractivity contribution in [2.45, 2.75) is 26.9 Å². The van der Waals surface area contributed by atoms with Gasteiger partial charge in [0, 0.05) is 0 Å². The third-order valence-electron chi connectivity index (χ3n) is 2.08. The molecular weight excluding hydrogens is 148 g/mol. The van der Waals surface area contributed by atoms with Crippen molar-refractivity contribution >= 4 is 5.97 Å². The minimum absolute atomic E-state index is 0.197. The van der Waals surface area contributed by atoms with Gasteiger partial charge in [0.2, 0.25) is 0 Å². The molecule has 0 aliphatic rings. The summed E-state index contributed by atoms with van der Waals surface area (Å²) in [7, 11) is 0. The molecule has 4 nitrogen and oxygen atoms in total. The largest absolute Gasteiger partial charge is 0.481 e. The van der Waals surface area contributed by atoms with Crippen molar-refractivity contribution in [1.29, 1.82) is 0 Å². The highest BCUT2D eigenvalue weighted by atomic mass is 17.1. The standard InChI is InChI=1S/C7H14O4/c1-4(6(3)11-10)5(2)7(8)9/h4-6,10H,1-3H3,(H,8,9). The second-order valence-corrected chi connectivity index (χ2v) is 2.80. The van der Waals surface area contributed by atoms with Gasteiger partial charge in [-0.2, -0.15) is 0 Å². The van der Waals surface area contributed by atoms with Crippen molar-refractivity contribution < 1.29 is 20.0 Å². The van der Waals surface area contributed by atoms with E-state index in [-0.39, 0.29) is 5.92 Å². The van der Waals surface area contributed by atoms with Gasteiger partial charge in [0.05, 0.1) is 12.0 Å². The van der Waals surface area contributed by atoms with E-state index in [9.17, 15) is 4.79 Å². The van der Waals surface area contributed by atoms with Crippen molar-refractivity contribution in [2.24, 2.45) is 11.8 Å². The molecule has 0 aromatic carbocycles. The Kier molecular flexibility index (Phi) is 4.07. The summed E-state index contributed by atoms with van der Waals surface area (Å²) in [6, 6.07) is 0. The average molecular weight is 162 g/mol. The Labute approximate surface area is 65.7 Å². The average Bonchev–Trinajstić information content (AvgIpc) is 2.00. The molecule has 11 heavy (non-hydrogen) atoms. The first-order valence-corrected chi connectivity index (χ1v) is 3.53. The Bertz CT molecular complexity index is 134. The molecule has 0 radical (unpaired) electrons. The first-order valence-electron chi connectivity index (χ1n) is 3.53. The molecule has 4 heteroatoms. The van der Waals surface area contributed by atoms with Crippen LogP contribution in [0, 0.1) is 11.8 Å². The maximum atomic E-state index is 10.4. The highest BCUT2D eigenvalue weighted by molar-refractivity contribution is 5.69. The van der Waals surface area contributed by atoms with Crippen molar-refractivity contribution in [1.82, 2.24) is 0 Å². The topological polar surface area (TPSA) is 66.8 Å². The van der Waals surface area contributed by atoms with E-state index in [1.54, 1.807) is 20.8 Å². The number of rotatable bonds is 4. The molecule has 66 valence electrons. The quantitative estimate of drug-likeness (QED) is 0.481. The van der Waals surface area contributed by atoms with Crippen LogP contribution in [0.3, 0.4) is 0 Å².